The van der Waals surface area contributed by atoms with Crippen LogP contribution in [-0.4, -0.2) is 5.78 Å². The first-order valence-electron chi connectivity index (χ1n) is 9.27. The largest absolute Gasteiger partial charge is 0.353 e. The first kappa shape index (κ1) is 18.5. The predicted octanol–water partition coefficient (Wildman–Crippen LogP) is 7.40. The summed E-state index contributed by atoms with van der Waals surface area (Å²) in [5.41, 5.74) is 5.89. The number of fused-ring (bicyclic) bond motifs is 2. The minimum absolute atomic E-state index is 0.0469. The van der Waals surface area contributed by atoms with Crippen LogP contribution < -0.4 is 5.32 Å². The van der Waals surface area contributed by atoms with Gasteiger partial charge in [-0.25, -0.2) is 0 Å². The van der Waals surface area contributed by atoms with E-state index >= 15 is 0 Å². The third kappa shape index (κ3) is 3.58. The van der Waals surface area contributed by atoms with Crippen LogP contribution in [0.5, 0.6) is 0 Å². The predicted molar refractivity (Wildman–Crippen MR) is 128 cm³/mol. The molecule has 0 amide bonds. The fraction of sp³-hybridized carbons (Fsp3) is 0. The zero-order chi connectivity index (χ0) is 19.8. The molecule has 0 bridgehead atoms. The van der Waals surface area contributed by atoms with Crippen molar-refractivity contribution in [2.24, 2.45) is 0 Å². The molecule has 4 aromatic rings. The first-order valence-corrected chi connectivity index (χ1v) is 11.2. The van der Waals surface area contributed by atoms with Gasteiger partial charge < -0.3 is 5.32 Å². The number of para-hydroxylation sites is 2. The van der Waals surface area contributed by atoms with E-state index in [1.165, 1.54) is 9.79 Å². The summed E-state index contributed by atoms with van der Waals surface area (Å²) >= 11 is 4.02. The monoisotopic (exact) mass is 505 g/mol. The van der Waals surface area contributed by atoms with Gasteiger partial charge in [0.2, 0.25) is 0 Å². The van der Waals surface area contributed by atoms with E-state index in [1.807, 2.05) is 54.6 Å². The van der Waals surface area contributed by atoms with Crippen LogP contribution in [0.3, 0.4) is 0 Å². The summed E-state index contributed by atoms with van der Waals surface area (Å²) in [6, 6.07) is 30.3. The Morgan fingerprint density at radius 1 is 0.724 bits per heavy atom. The molecule has 1 aliphatic rings. The van der Waals surface area contributed by atoms with Gasteiger partial charge in [-0.1, -0.05) is 60.3 Å². The molecule has 0 aliphatic carbocycles. The number of hydrogen-bond donors (Lipinski definition) is 1. The average molecular weight is 505 g/mol. The highest BCUT2D eigenvalue weighted by molar-refractivity contribution is 14.1. The van der Waals surface area contributed by atoms with E-state index in [0.717, 1.165) is 26.1 Å². The molecule has 4 heteroatoms. The molecular formula is C25H16INOS. The number of halogens is 1. The molecule has 1 aliphatic heterocycles. The Morgan fingerprint density at radius 3 is 2.14 bits per heavy atom. The highest BCUT2D eigenvalue weighted by Gasteiger charge is 2.19. The highest BCUT2D eigenvalue weighted by atomic mass is 127. The Labute approximate surface area is 187 Å². The van der Waals surface area contributed by atoms with Crippen molar-refractivity contribution in [3.05, 3.63) is 106 Å². The maximum absolute atomic E-state index is 12.8. The molecule has 29 heavy (non-hydrogen) atoms. The minimum atomic E-state index is 0.0469. The highest BCUT2D eigenvalue weighted by Crippen LogP contribution is 2.47. The van der Waals surface area contributed by atoms with Crippen LogP contribution in [0.25, 0.3) is 11.1 Å². The lowest BCUT2D eigenvalue weighted by Crippen LogP contribution is -2.02. The molecule has 0 saturated carbocycles. The van der Waals surface area contributed by atoms with Crippen LogP contribution in [0.1, 0.15) is 15.9 Å². The fourth-order valence-corrected chi connectivity index (χ4v) is 4.85. The molecule has 0 fully saturated rings. The number of carbonyl (C=O) groups excluding carboxylic acids is 1. The molecule has 0 saturated heterocycles. The van der Waals surface area contributed by atoms with Crippen molar-refractivity contribution in [1.29, 1.82) is 0 Å². The maximum Gasteiger partial charge on any atom is 0.193 e. The topological polar surface area (TPSA) is 29.1 Å². The first-order chi connectivity index (χ1) is 14.2. The van der Waals surface area contributed by atoms with Gasteiger partial charge in [0.25, 0.3) is 0 Å². The van der Waals surface area contributed by atoms with Crippen LogP contribution >= 0.6 is 34.4 Å². The SMILES string of the molecule is O=C(c1ccc(I)cc1)c1ccc(-c2cccc3c2Nc2ccccc2S3)cc1. The molecule has 2 nitrogen and oxygen atoms in total. The van der Waals surface area contributed by atoms with E-state index in [-0.39, 0.29) is 5.78 Å². The number of ketones is 1. The molecule has 0 radical (unpaired) electrons. The van der Waals surface area contributed by atoms with E-state index in [4.69, 9.17) is 0 Å². The summed E-state index contributed by atoms with van der Waals surface area (Å²) in [4.78, 5) is 15.2. The van der Waals surface area contributed by atoms with Gasteiger partial charge in [0.15, 0.2) is 5.78 Å². The van der Waals surface area contributed by atoms with Gasteiger partial charge >= 0.3 is 0 Å². The number of benzene rings is 4. The molecule has 1 heterocycles. The molecule has 140 valence electrons. The van der Waals surface area contributed by atoms with Crippen molar-refractivity contribution in [3.63, 3.8) is 0 Å². The molecule has 4 aromatic carbocycles. The Balaban J connectivity index is 1.47. The summed E-state index contributed by atoms with van der Waals surface area (Å²) in [5, 5.41) is 3.59. The summed E-state index contributed by atoms with van der Waals surface area (Å²) in [6.07, 6.45) is 0. The molecule has 0 spiro atoms. The number of rotatable bonds is 3. The Bertz CT molecular complexity index is 1220. The lowest BCUT2D eigenvalue weighted by Gasteiger charge is -2.23. The second-order valence-electron chi connectivity index (χ2n) is 6.82. The van der Waals surface area contributed by atoms with Crippen LogP contribution in [0.15, 0.2) is 101 Å². The van der Waals surface area contributed by atoms with Gasteiger partial charge in [-0.15, -0.1) is 0 Å². The van der Waals surface area contributed by atoms with Crippen molar-refractivity contribution in [2.75, 3.05) is 5.32 Å². The minimum Gasteiger partial charge on any atom is -0.353 e. The normalized spacial score (nSPS) is 11.9. The Hall–Kier alpha value is -2.57. The standard InChI is InChI=1S/C25H16INOS/c26-19-14-12-18(13-15-19)25(28)17-10-8-16(9-11-17)20-4-3-7-23-24(20)27-21-5-1-2-6-22(21)29-23/h1-15,27H. The van der Waals surface area contributed by atoms with E-state index < -0.39 is 0 Å². The second kappa shape index (κ2) is 7.69. The van der Waals surface area contributed by atoms with Crippen LogP contribution in [-0.2, 0) is 0 Å². The number of anilines is 2. The summed E-state index contributed by atoms with van der Waals surface area (Å²) < 4.78 is 1.12. The van der Waals surface area contributed by atoms with E-state index in [2.05, 4.69) is 64.3 Å². The number of carbonyl (C=O) groups is 1. The van der Waals surface area contributed by atoms with Gasteiger partial charge in [0.1, 0.15) is 0 Å². The third-order valence-electron chi connectivity index (χ3n) is 4.96. The van der Waals surface area contributed by atoms with Crippen molar-refractivity contribution < 1.29 is 4.79 Å². The summed E-state index contributed by atoms with van der Waals surface area (Å²) in [5.74, 6) is 0.0469. The van der Waals surface area contributed by atoms with E-state index in [0.29, 0.717) is 11.1 Å². The number of nitrogens with one attached hydrogen (secondary N) is 1. The lowest BCUT2D eigenvalue weighted by atomic mass is 9.98. The van der Waals surface area contributed by atoms with Gasteiger partial charge in [-0.2, -0.15) is 0 Å². The molecule has 5 rings (SSSR count). The third-order valence-corrected chi connectivity index (χ3v) is 6.81. The van der Waals surface area contributed by atoms with Crippen LogP contribution in [0.4, 0.5) is 11.4 Å². The summed E-state index contributed by atoms with van der Waals surface area (Å²) in [6.45, 7) is 0. The van der Waals surface area contributed by atoms with Crippen molar-refractivity contribution in [1.82, 2.24) is 0 Å². The maximum atomic E-state index is 12.8. The van der Waals surface area contributed by atoms with Crippen molar-refractivity contribution in [2.45, 2.75) is 9.79 Å². The average Bonchev–Trinajstić information content (AvgIpc) is 2.77. The van der Waals surface area contributed by atoms with Crippen LogP contribution in [0.2, 0.25) is 0 Å². The smallest absolute Gasteiger partial charge is 0.193 e. The van der Waals surface area contributed by atoms with Gasteiger partial charge in [-0.3, -0.25) is 4.79 Å². The summed E-state index contributed by atoms with van der Waals surface area (Å²) in [7, 11) is 0. The molecule has 0 aromatic heterocycles. The Kier molecular flexibility index (Phi) is 4.89. The zero-order valence-corrected chi connectivity index (χ0v) is 18.3. The van der Waals surface area contributed by atoms with Gasteiger partial charge in [0.05, 0.1) is 11.4 Å². The lowest BCUT2D eigenvalue weighted by molar-refractivity contribution is 0.103. The van der Waals surface area contributed by atoms with Gasteiger partial charge in [0, 0.05) is 30.1 Å². The Morgan fingerprint density at radius 2 is 1.38 bits per heavy atom. The van der Waals surface area contributed by atoms with E-state index in [1.54, 1.807) is 11.8 Å². The van der Waals surface area contributed by atoms with Gasteiger partial charge in [-0.05, 0) is 70.6 Å². The number of hydrogen-bond acceptors (Lipinski definition) is 3. The second-order valence-corrected chi connectivity index (χ2v) is 9.14. The van der Waals surface area contributed by atoms with E-state index in [9.17, 15) is 4.79 Å². The molecular weight excluding hydrogens is 489 g/mol. The van der Waals surface area contributed by atoms with Crippen molar-refractivity contribution >= 4 is 51.5 Å². The molecule has 1 N–H and O–H groups in total. The van der Waals surface area contributed by atoms with Crippen molar-refractivity contribution in [3.8, 4) is 11.1 Å². The quantitative estimate of drug-likeness (QED) is 0.205. The zero-order valence-electron chi connectivity index (χ0n) is 15.4. The fourth-order valence-electron chi connectivity index (χ4n) is 3.47. The van der Waals surface area contributed by atoms with Crippen LogP contribution in [0, 0.1) is 3.57 Å². The molecule has 0 atom stereocenters. The molecule has 0 unspecified atom stereocenters.